The van der Waals surface area contributed by atoms with Gasteiger partial charge in [-0.1, -0.05) is 0 Å². The van der Waals surface area contributed by atoms with Crippen LogP contribution in [-0.2, 0) is 0 Å². The maximum Gasteiger partial charge on any atom is 1.00 e. The second kappa shape index (κ2) is 7.41. The van der Waals surface area contributed by atoms with E-state index in [-0.39, 0.29) is 37.7 Å². The fourth-order valence-corrected chi connectivity index (χ4v) is 0.304. The van der Waals surface area contributed by atoms with Gasteiger partial charge in [0.05, 0.1) is 0 Å². The van der Waals surface area contributed by atoms with E-state index in [1.54, 1.807) is 0 Å². The molecular formula is C6H4Li2. The van der Waals surface area contributed by atoms with Gasteiger partial charge in [0.2, 0.25) is 0 Å². The Morgan fingerprint density at radius 2 is 0.875 bits per heavy atom. The molecule has 0 radical (unpaired) electrons. The summed E-state index contributed by atoms with van der Waals surface area (Å²) in [5.41, 5.74) is 0. The molecular weight excluding hydrogens is 85.9 g/mol. The summed E-state index contributed by atoms with van der Waals surface area (Å²) in [7, 11) is 0. The molecule has 30 valence electrons. The van der Waals surface area contributed by atoms with Gasteiger partial charge in [0.15, 0.2) is 0 Å². The van der Waals surface area contributed by atoms with Crippen LogP contribution in [0.3, 0.4) is 0 Å². The molecule has 0 saturated carbocycles. The van der Waals surface area contributed by atoms with Crippen LogP contribution in [0.1, 0.15) is 0 Å². The quantitative estimate of drug-likeness (QED) is 0.222. The van der Waals surface area contributed by atoms with Crippen molar-refractivity contribution < 1.29 is 37.7 Å². The maximum atomic E-state index is 2.86. The maximum absolute atomic E-state index is 2.86. The second-order valence-electron chi connectivity index (χ2n) is 1.00. The first kappa shape index (κ1) is 11.2. The molecule has 1 aromatic carbocycles. The van der Waals surface area contributed by atoms with Crippen LogP contribution in [0.25, 0.3) is 0 Å². The van der Waals surface area contributed by atoms with Crippen molar-refractivity contribution in [2.45, 2.75) is 0 Å². The van der Waals surface area contributed by atoms with Gasteiger partial charge in [-0.25, -0.2) is 0 Å². The van der Waals surface area contributed by atoms with E-state index in [0.29, 0.717) is 0 Å². The molecule has 0 unspecified atom stereocenters. The zero-order valence-electron chi connectivity index (χ0n) is 5.31. The van der Waals surface area contributed by atoms with Gasteiger partial charge in [0.1, 0.15) is 0 Å². The van der Waals surface area contributed by atoms with Gasteiger partial charge >= 0.3 is 37.7 Å². The molecule has 1 rings (SSSR count). The molecule has 1 aromatic rings. The normalized spacial score (nSPS) is 6.00. The van der Waals surface area contributed by atoms with Crippen LogP contribution in [0.15, 0.2) is 24.3 Å². The summed E-state index contributed by atoms with van der Waals surface area (Å²) >= 11 is 0. The van der Waals surface area contributed by atoms with Gasteiger partial charge in [-0.15, -0.1) is 0 Å². The largest absolute Gasteiger partial charge is 1.00 e. The smallest absolute Gasteiger partial charge is 0.319 e. The Kier molecular flexibility index (Phi) is 10.4. The molecule has 0 heterocycles. The molecule has 0 N–H and O–H groups in total. The first-order chi connectivity index (χ1) is 3.00. The monoisotopic (exact) mass is 90.1 g/mol. The molecule has 8 heavy (non-hydrogen) atoms. The molecule has 0 fully saturated rings. The van der Waals surface area contributed by atoms with Crippen molar-refractivity contribution >= 4 is 0 Å². The van der Waals surface area contributed by atoms with Crippen molar-refractivity contribution in [3.05, 3.63) is 36.4 Å². The van der Waals surface area contributed by atoms with Gasteiger partial charge in [0, 0.05) is 0 Å². The van der Waals surface area contributed by atoms with E-state index in [0.717, 1.165) is 0 Å². The summed E-state index contributed by atoms with van der Waals surface area (Å²) in [5, 5.41) is 0. The minimum Gasteiger partial charge on any atom is -0.319 e. The second-order valence-corrected chi connectivity index (χ2v) is 1.00. The molecule has 0 amide bonds. The van der Waals surface area contributed by atoms with E-state index in [1.165, 1.54) is 0 Å². The minimum atomic E-state index is 0. The Labute approximate surface area is 74.0 Å². The Hall–Kier alpha value is 0.415. The molecule has 0 spiro atoms. The van der Waals surface area contributed by atoms with Crippen molar-refractivity contribution in [1.29, 1.82) is 0 Å². The van der Waals surface area contributed by atoms with Crippen molar-refractivity contribution in [3.8, 4) is 0 Å². The third-order valence-electron chi connectivity index (χ3n) is 0.552. The molecule has 0 saturated heterocycles. The van der Waals surface area contributed by atoms with Crippen LogP contribution >= 0.6 is 0 Å². The third-order valence-corrected chi connectivity index (χ3v) is 0.552. The van der Waals surface area contributed by atoms with Gasteiger partial charge in [-0.05, 0) is 0 Å². The fraction of sp³-hybridized carbons (Fsp3) is 0. The summed E-state index contributed by atoms with van der Waals surface area (Å²) in [5.74, 6) is 0. The van der Waals surface area contributed by atoms with Gasteiger partial charge in [-0.2, -0.15) is 0 Å². The van der Waals surface area contributed by atoms with E-state index in [2.05, 4.69) is 12.1 Å². The molecule has 0 aromatic heterocycles. The van der Waals surface area contributed by atoms with Gasteiger partial charge in [0.25, 0.3) is 0 Å². The van der Waals surface area contributed by atoms with Crippen LogP contribution < -0.4 is 37.7 Å². The van der Waals surface area contributed by atoms with Crippen LogP contribution in [-0.4, -0.2) is 0 Å². The first-order valence-electron chi connectivity index (χ1n) is 1.82. The molecule has 0 aliphatic carbocycles. The zero-order valence-corrected chi connectivity index (χ0v) is 5.31. The standard InChI is InChI=1S/C6H4.2Li/c1-2-4-6-5-3-1;;/h1-2,5-6H;;/q-2;2*+1. The van der Waals surface area contributed by atoms with E-state index in [1.807, 2.05) is 24.3 Å². The topological polar surface area (TPSA) is 0 Å². The van der Waals surface area contributed by atoms with Crippen molar-refractivity contribution in [2.75, 3.05) is 0 Å². The first-order valence-corrected chi connectivity index (χ1v) is 1.82. The summed E-state index contributed by atoms with van der Waals surface area (Å²) in [4.78, 5) is 0. The predicted molar refractivity (Wildman–Crippen MR) is 24.1 cm³/mol. The van der Waals surface area contributed by atoms with E-state index in [4.69, 9.17) is 0 Å². The van der Waals surface area contributed by atoms with Crippen molar-refractivity contribution in [2.24, 2.45) is 0 Å². The van der Waals surface area contributed by atoms with Crippen molar-refractivity contribution in [3.63, 3.8) is 0 Å². The van der Waals surface area contributed by atoms with E-state index >= 15 is 0 Å². The molecule has 0 nitrogen and oxygen atoms in total. The van der Waals surface area contributed by atoms with E-state index in [9.17, 15) is 0 Å². The summed E-state index contributed by atoms with van der Waals surface area (Å²) in [6.07, 6.45) is 0. The summed E-state index contributed by atoms with van der Waals surface area (Å²) in [6, 6.07) is 13.0. The van der Waals surface area contributed by atoms with Crippen LogP contribution in [0.2, 0.25) is 0 Å². The molecule has 2 heteroatoms. The van der Waals surface area contributed by atoms with Crippen LogP contribution in [0.4, 0.5) is 0 Å². The molecule has 0 aliphatic rings. The zero-order chi connectivity index (χ0) is 4.24. The number of rotatable bonds is 0. The average Bonchev–Trinajstić information content (AvgIpc) is 1.72. The average molecular weight is 90.0 g/mol. The minimum absolute atomic E-state index is 0. The Bertz CT molecular complexity index is 78.5. The van der Waals surface area contributed by atoms with Crippen molar-refractivity contribution in [1.82, 2.24) is 0 Å². The molecule has 0 atom stereocenters. The van der Waals surface area contributed by atoms with Crippen LogP contribution in [0, 0.1) is 12.1 Å². The van der Waals surface area contributed by atoms with Gasteiger partial charge in [-0.3, -0.25) is 24.3 Å². The molecule has 0 aliphatic heterocycles. The Balaban J connectivity index is 0. The number of hydrogen-bond acceptors (Lipinski definition) is 0. The Morgan fingerprint density at radius 3 is 1.00 bits per heavy atom. The fourth-order valence-electron chi connectivity index (χ4n) is 0.304. The van der Waals surface area contributed by atoms with Crippen LogP contribution in [0.5, 0.6) is 0 Å². The SMILES string of the molecule is [Li+].[Li+].[c-]1cc[c-]cc1. The summed E-state index contributed by atoms with van der Waals surface area (Å²) in [6.45, 7) is 0. The Morgan fingerprint density at radius 1 is 0.625 bits per heavy atom. The molecule has 0 bridgehead atoms. The summed E-state index contributed by atoms with van der Waals surface area (Å²) < 4.78 is 0. The third kappa shape index (κ3) is 4.57. The number of hydrogen-bond donors (Lipinski definition) is 0. The number of benzene rings is 1. The van der Waals surface area contributed by atoms with E-state index < -0.39 is 0 Å². The van der Waals surface area contributed by atoms with Gasteiger partial charge < -0.3 is 12.1 Å². The predicted octanol–water partition coefficient (Wildman–Crippen LogP) is -4.71.